The molecule has 2 aromatic rings. The maximum atomic E-state index is 13.9. The molecule has 0 spiro atoms. The first kappa shape index (κ1) is 21.3. The van der Waals surface area contributed by atoms with Crippen LogP contribution in [0.2, 0.25) is 0 Å². The highest BCUT2D eigenvalue weighted by molar-refractivity contribution is 5.65. The van der Waals surface area contributed by atoms with Gasteiger partial charge in [-0.05, 0) is 49.6 Å². The van der Waals surface area contributed by atoms with Gasteiger partial charge in [0, 0.05) is 25.2 Å². The third-order valence-electron chi connectivity index (χ3n) is 5.46. The number of aliphatic imine (C=N–C) groups is 1. The molecule has 0 atom stereocenters. The Morgan fingerprint density at radius 1 is 1.28 bits per heavy atom. The SMILES string of the molecule is CCN(C)C=Nc1cc(OC)c(C2(OCc3cccc(F)c3C)COC2)cc1C. The largest absolute Gasteiger partial charge is 0.496 e. The first-order valence-electron chi connectivity index (χ1n) is 9.79. The predicted octanol–water partition coefficient (Wildman–Crippen LogP) is 4.50. The minimum atomic E-state index is -0.614. The summed E-state index contributed by atoms with van der Waals surface area (Å²) in [5.74, 6) is 0.485. The van der Waals surface area contributed by atoms with Gasteiger partial charge < -0.3 is 19.1 Å². The minimum Gasteiger partial charge on any atom is -0.496 e. The van der Waals surface area contributed by atoms with Gasteiger partial charge in [0.05, 0.1) is 39.0 Å². The molecule has 0 N–H and O–H groups in total. The molecule has 1 heterocycles. The second kappa shape index (κ2) is 8.93. The van der Waals surface area contributed by atoms with Crippen LogP contribution >= 0.6 is 0 Å². The summed E-state index contributed by atoms with van der Waals surface area (Å²) in [6.07, 6.45) is 1.81. The molecule has 156 valence electrons. The fraction of sp³-hybridized carbons (Fsp3) is 0.435. The molecule has 0 unspecified atom stereocenters. The highest BCUT2D eigenvalue weighted by Crippen LogP contribution is 2.42. The van der Waals surface area contributed by atoms with E-state index in [2.05, 4.69) is 18.0 Å². The Morgan fingerprint density at radius 2 is 2.03 bits per heavy atom. The molecule has 0 aliphatic carbocycles. The lowest BCUT2D eigenvalue weighted by atomic mass is 9.89. The second-order valence-corrected chi connectivity index (χ2v) is 7.46. The van der Waals surface area contributed by atoms with E-state index in [-0.39, 0.29) is 5.82 Å². The standard InChI is InChI=1S/C23H29FN2O3/c1-6-26(4)15-25-21-11-22(27-5)19(10-16(21)2)23(13-28-14-23)29-12-18-8-7-9-20(24)17(18)3/h7-11,15H,6,12-14H2,1-5H3. The van der Waals surface area contributed by atoms with Gasteiger partial charge in [0.15, 0.2) is 0 Å². The van der Waals surface area contributed by atoms with Crippen molar-refractivity contribution in [2.24, 2.45) is 4.99 Å². The summed E-state index contributed by atoms with van der Waals surface area (Å²) in [6, 6.07) is 9.04. The van der Waals surface area contributed by atoms with Crippen molar-refractivity contribution >= 4 is 12.0 Å². The average Bonchev–Trinajstić information content (AvgIpc) is 2.69. The third-order valence-corrected chi connectivity index (χ3v) is 5.46. The van der Waals surface area contributed by atoms with Crippen LogP contribution in [0.3, 0.4) is 0 Å². The van der Waals surface area contributed by atoms with Crippen molar-refractivity contribution in [1.82, 2.24) is 4.90 Å². The fourth-order valence-corrected chi connectivity index (χ4v) is 3.21. The van der Waals surface area contributed by atoms with Crippen LogP contribution in [-0.4, -0.2) is 45.2 Å². The average molecular weight is 400 g/mol. The van der Waals surface area contributed by atoms with Crippen LogP contribution in [0.4, 0.5) is 10.1 Å². The van der Waals surface area contributed by atoms with Crippen LogP contribution < -0.4 is 4.74 Å². The second-order valence-electron chi connectivity index (χ2n) is 7.46. The molecule has 5 nitrogen and oxygen atoms in total. The number of nitrogens with zero attached hydrogens (tertiary/aromatic N) is 2. The fourth-order valence-electron chi connectivity index (χ4n) is 3.21. The number of halogens is 1. The molecule has 1 saturated heterocycles. The van der Waals surface area contributed by atoms with Crippen LogP contribution in [0.1, 0.15) is 29.2 Å². The summed E-state index contributed by atoms with van der Waals surface area (Å²) in [6.45, 7) is 7.90. The van der Waals surface area contributed by atoms with E-state index in [0.717, 1.165) is 28.9 Å². The topological polar surface area (TPSA) is 43.3 Å². The lowest BCUT2D eigenvalue weighted by molar-refractivity contribution is -0.223. The molecule has 0 saturated carbocycles. The van der Waals surface area contributed by atoms with E-state index >= 15 is 0 Å². The van der Waals surface area contributed by atoms with Crippen LogP contribution in [-0.2, 0) is 21.7 Å². The summed E-state index contributed by atoms with van der Waals surface area (Å²) in [4.78, 5) is 6.58. The molecular formula is C23H29FN2O3. The molecule has 1 fully saturated rings. The molecule has 0 amide bonds. The monoisotopic (exact) mass is 400 g/mol. The highest BCUT2D eigenvalue weighted by Gasteiger charge is 2.44. The summed E-state index contributed by atoms with van der Waals surface area (Å²) >= 11 is 0. The van der Waals surface area contributed by atoms with Crippen molar-refractivity contribution in [2.75, 3.05) is 33.9 Å². The van der Waals surface area contributed by atoms with E-state index in [1.807, 2.05) is 37.3 Å². The quantitative estimate of drug-likeness (QED) is 0.483. The number of rotatable bonds is 8. The Bertz CT molecular complexity index is 894. The lowest BCUT2D eigenvalue weighted by Gasteiger charge is -2.42. The summed E-state index contributed by atoms with van der Waals surface area (Å²) < 4.78 is 31.4. The van der Waals surface area contributed by atoms with Gasteiger partial charge in [0.1, 0.15) is 17.2 Å². The molecule has 6 heteroatoms. The lowest BCUT2D eigenvalue weighted by Crippen LogP contribution is -2.49. The predicted molar refractivity (Wildman–Crippen MR) is 113 cm³/mol. The molecular weight excluding hydrogens is 371 g/mol. The Hall–Kier alpha value is -2.44. The van der Waals surface area contributed by atoms with Gasteiger partial charge in [-0.1, -0.05) is 12.1 Å². The number of aryl methyl sites for hydroxylation is 1. The van der Waals surface area contributed by atoms with Crippen molar-refractivity contribution in [2.45, 2.75) is 33.0 Å². The molecule has 29 heavy (non-hydrogen) atoms. The van der Waals surface area contributed by atoms with Crippen molar-refractivity contribution < 1.29 is 18.6 Å². The van der Waals surface area contributed by atoms with Gasteiger partial charge in [-0.3, -0.25) is 0 Å². The zero-order valence-corrected chi connectivity index (χ0v) is 17.8. The van der Waals surface area contributed by atoms with Gasteiger partial charge >= 0.3 is 0 Å². The number of hydrogen-bond acceptors (Lipinski definition) is 4. The molecule has 1 aliphatic heterocycles. The van der Waals surface area contributed by atoms with Gasteiger partial charge in [-0.2, -0.15) is 0 Å². The van der Waals surface area contributed by atoms with E-state index in [1.165, 1.54) is 6.07 Å². The van der Waals surface area contributed by atoms with Gasteiger partial charge in [-0.25, -0.2) is 9.38 Å². The number of ether oxygens (including phenoxy) is 3. The van der Waals surface area contributed by atoms with Crippen molar-refractivity contribution in [3.05, 3.63) is 58.4 Å². The van der Waals surface area contributed by atoms with E-state index in [4.69, 9.17) is 14.2 Å². The maximum Gasteiger partial charge on any atom is 0.143 e. The molecule has 3 rings (SSSR count). The highest BCUT2D eigenvalue weighted by atomic mass is 19.1. The Kier molecular flexibility index (Phi) is 6.55. The number of methoxy groups -OCH3 is 1. The van der Waals surface area contributed by atoms with Crippen molar-refractivity contribution in [1.29, 1.82) is 0 Å². The van der Waals surface area contributed by atoms with Crippen LogP contribution in [0.15, 0.2) is 35.3 Å². The number of hydrogen-bond donors (Lipinski definition) is 0. The van der Waals surface area contributed by atoms with Gasteiger partial charge in [-0.15, -0.1) is 0 Å². The van der Waals surface area contributed by atoms with E-state index < -0.39 is 5.60 Å². The minimum absolute atomic E-state index is 0.224. The zero-order chi connectivity index (χ0) is 21.0. The maximum absolute atomic E-state index is 13.9. The van der Waals surface area contributed by atoms with E-state index in [1.54, 1.807) is 20.1 Å². The van der Waals surface area contributed by atoms with Crippen molar-refractivity contribution in [3.63, 3.8) is 0 Å². The van der Waals surface area contributed by atoms with Crippen molar-refractivity contribution in [3.8, 4) is 5.75 Å². The van der Waals surface area contributed by atoms with E-state index in [0.29, 0.717) is 31.1 Å². The van der Waals surface area contributed by atoms with Crippen LogP contribution in [0, 0.1) is 19.7 Å². The molecule has 2 aromatic carbocycles. The summed E-state index contributed by atoms with van der Waals surface area (Å²) in [5, 5.41) is 0. The first-order valence-corrected chi connectivity index (χ1v) is 9.79. The van der Waals surface area contributed by atoms with Gasteiger partial charge in [0.25, 0.3) is 0 Å². The smallest absolute Gasteiger partial charge is 0.143 e. The Labute approximate surface area is 172 Å². The number of benzene rings is 2. The third kappa shape index (κ3) is 4.43. The molecule has 1 aliphatic rings. The van der Waals surface area contributed by atoms with Crippen LogP contribution in [0.5, 0.6) is 5.75 Å². The summed E-state index contributed by atoms with van der Waals surface area (Å²) in [7, 11) is 3.62. The van der Waals surface area contributed by atoms with E-state index in [9.17, 15) is 4.39 Å². The van der Waals surface area contributed by atoms with Crippen LogP contribution in [0.25, 0.3) is 0 Å². The Balaban J connectivity index is 1.89. The normalized spacial score (nSPS) is 15.4. The zero-order valence-electron chi connectivity index (χ0n) is 17.8. The van der Waals surface area contributed by atoms with Gasteiger partial charge in [0.2, 0.25) is 0 Å². The summed E-state index contributed by atoms with van der Waals surface area (Å²) in [5.41, 5.74) is 3.63. The first-order chi connectivity index (χ1) is 13.9. The molecule has 0 radical (unpaired) electrons. The molecule has 0 bridgehead atoms. The Morgan fingerprint density at radius 3 is 2.66 bits per heavy atom. The molecule has 0 aromatic heterocycles.